The Bertz CT molecular complexity index is 375. The van der Waals surface area contributed by atoms with Crippen LogP contribution in [-0.2, 0) is 4.79 Å². The van der Waals surface area contributed by atoms with Crippen molar-refractivity contribution in [3.8, 4) is 0 Å². The van der Waals surface area contributed by atoms with Crippen molar-refractivity contribution in [2.45, 2.75) is 46.0 Å². The van der Waals surface area contributed by atoms with Gasteiger partial charge >= 0.3 is 0 Å². The van der Waals surface area contributed by atoms with Crippen LogP contribution in [0.5, 0.6) is 0 Å². The van der Waals surface area contributed by atoms with Crippen molar-refractivity contribution < 1.29 is 4.79 Å². The number of carbonyl (C=O) groups is 1. The quantitative estimate of drug-likeness (QED) is 0.731. The maximum absolute atomic E-state index is 12.0. The molecule has 0 aliphatic heterocycles. The Hall–Kier alpha value is -1.58. The van der Waals surface area contributed by atoms with Crippen LogP contribution in [0, 0.1) is 0 Å². The van der Waals surface area contributed by atoms with Crippen LogP contribution in [0.3, 0.4) is 0 Å². The number of anilines is 2. The Kier molecular flexibility index (Phi) is 6.93. The number of nitrogens with one attached hydrogen (secondary N) is 1. The first-order valence-electron chi connectivity index (χ1n) is 7.15. The molecule has 0 saturated carbocycles. The molecule has 1 amide bonds. The highest BCUT2D eigenvalue weighted by Crippen LogP contribution is 2.15. The van der Waals surface area contributed by atoms with Crippen LogP contribution in [0.4, 0.5) is 11.5 Å². The predicted molar refractivity (Wildman–Crippen MR) is 80.6 cm³/mol. The maximum Gasteiger partial charge on any atom is 0.226 e. The van der Waals surface area contributed by atoms with E-state index in [0.29, 0.717) is 6.42 Å². The van der Waals surface area contributed by atoms with Gasteiger partial charge in [-0.3, -0.25) is 4.79 Å². The van der Waals surface area contributed by atoms with Crippen LogP contribution >= 0.6 is 0 Å². The van der Waals surface area contributed by atoms with Crippen molar-refractivity contribution in [2.24, 2.45) is 0 Å². The van der Waals surface area contributed by atoms with Gasteiger partial charge in [0.2, 0.25) is 5.91 Å². The van der Waals surface area contributed by atoms with Crippen LogP contribution in [0.25, 0.3) is 0 Å². The van der Waals surface area contributed by atoms with Crippen LogP contribution in [-0.4, -0.2) is 24.5 Å². The summed E-state index contributed by atoms with van der Waals surface area (Å²) in [5.41, 5.74) is 0.849. The lowest BCUT2D eigenvalue weighted by atomic mass is 10.1. The van der Waals surface area contributed by atoms with E-state index < -0.39 is 0 Å². The van der Waals surface area contributed by atoms with Gasteiger partial charge in [-0.05, 0) is 25.5 Å². The second-order valence-corrected chi connectivity index (χ2v) is 4.70. The summed E-state index contributed by atoms with van der Waals surface area (Å²) in [7, 11) is 1.81. The topological polar surface area (TPSA) is 45.2 Å². The van der Waals surface area contributed by atoms with Crippen molar-refractivity contribution in [1.82, 2.24) is 4.98 Å². The molecule has 0 atom stereocenters. The molecule has 0 fully saturated rings. The van der Waals surface area contributed by atoms with Gasteiger partial charge in [-0.15, -0.1) is 0 Å². The van der Waals surface area contributed by atoms with Gasteiger partial charge in [0.25, 0.3) is 0 Å². The average molecular weight is 263 g/mol. The minimum Gasteiger partial charge on any atom is -0.370 e. The van der Waals surface area contributed by atoms with Crippen LogP contribution in [0.1, 0.15) is 46.0 Å². The molecule has 0 aliphatic carbocycles. The monoisotopic (exact) mass is 263 g/mol. The Morgan fingerprint density at radius 2 is 2.05 bits per heavy atom. The number of hydrogen-bond donors (Lipinski definition) is 1. The van der Waals surface area contributed by atoms with Gasteiger partial charge in [0.05, 0.1) is 11.9 Å². The molecule has 0 aliphatic rings. The molecule has 0 spiro atoms. The summed E-state index contributed by atoms with van der Waals surface area (Å²) >= 11 is 0. The molecule has 0 aromatic carbocycles. The Morgan fingerprint density at radius 3 is 2.63 bits per heavy atom. The van der Waals surface area contributed by atoms with Gasteiger partial charge < -0.3 is 10.2 Å². The maximum atomic E-state index is 12.0. The van der Waals surface area contributed by atoms with Crippen LogP contribution < -0.4 is 10.2 Å². The number of carbonyl (C=O) groups excluding carboxylic acids is 1. The van der Waals surface area contributed by atoms with Gasteiger partial charge in [0.1, 0.15) is 5.82 Å². The molecule has 1 N–H and O–H groups in total. The van der Waals surface area contributed by atoms with Crippen molar-refractivity contribution in [2.75, 3.05) is 23.8 Å². The second kappa shape index (κ2) is 8.51. The largest absolute Gasteiger partial charge is 0.370 e. The summed E-state index contributed by atoms with van der Waals surface area (Å²) in [5, 5.41) is 3.14. The van der Waals surface area contributed by atoms with Crippen LogP contribution in [0.2, 0.25) is 0 Å². The standard InChI is InChI=1S/C15H25N3O/c1-4-6-7-8-9-15(19)18(3)13-10-11-14(16-5-2)17-12-13/h10-12H,4-9H2,1-3H3,(H,16,17). The normalized spacial score (nSPS) is 10.3. The zero-order chi connectivity index (χ0) is 14.1. The predicted octanol–water partition coefficient (Wildman–Crippen LogP) is 3.45. The fourth-order valence-electron chi connectivity index (χ4n) is 1.88. The van der Waals surface area contributed by atoms with Gasteiger partial charge in [0.15, 0.2) is 0 Å². The molecule has 1 rings (SSSR count). The first-order valence-corrected chi connectivity index (χ1v) is 7.15. The Labute approximate surface area is 116 Å². The minimum absolute atomic E-state index is 0.161. The third-order valence-electron chi connectivity index (χ3n) is 3.11. The third kappa shape index (κ3) is 5.28. The summed E-state index contributed by atoms with van der Waals surface area (Å²) in [5.74, 6) is 1.00. The summed E-state index contributed by atoms with van der Waals surface area (Å²) in [4.78, 5) is 18.0. The van der Waals surface area contributed by atoms with E-state index in [2.05, 4.69) is 17.2 Å². The van der Waals surface area contributed by atoms with E-state index in [0.717, 1.165) is 30.9 Å². The van der Waals surface area contributed by atoms with Gasteiger partial charge in [0, 0.05) is 20.0 Å². The highest BCUT2D eigenvalue weighted by molar-refractivity contribution is 5.92. The number of unbranched alkanes of at least 4 members (excludes halogenated alkanes) is 3. The fourth-order valence-corrected chi connectivity index (χ4v) is 1.88. The number of amides is 1. The van der Waals surface area contributed by atoms with Gasteiger partial charge in [-0.2, -0.15) is 0 Å². The molecule has 1 heterocycles. The average Bonchev–Trinajstić information content (AvgIpc) is 2.44. The summed E-state index contributed by atoms with van der Waals surface area (Å²) in [6.45, 7) is 5.05. The Morgan fingerprint density at radius 1 is 1.26 bits per heavy atom. The molecule has 0 bridgehead atoms. The highest BCUT2D eigenvalue weighted by Gasteiger charge is 2.10. The van der Waals surface area contributed by atoms with Crippen molar-refractivity contribution >= 4 is 17.4 Å². The van der Waals surface area contributed by atoms with E-state index in [1.807, 2.05) is 26.1 Å². The summed E-state index contributed by atoms with van der Waals surface area (Å²) in [6.07, 6.45) is 6.86. The first kappa shape index (κ1) is 15.5. The fraction of sp³-hybridized carbons (Fsp3) is 0.600. The Balaban J connectivity index is 2.46. The molecule has 1 aromatic rings. The molecular formula is C15H25N3O. The summed E-state index contributed by atoms with van der Waals surface area (Å²) in [6, 6.07) is 3.83. The molecule has 0 radical (unpaired) electrons. The lowest BCUT2D eigenvalue weighted by molar-refractivity contribution is -0.118. The molecule has 4 heteroatoms. The van der Waals surface area contributed by atoms with Gasteiger partial charge in [-0.25, -0.2) is 4.98 Å². The van der Waals surface area contributed by atoms with E-state index in [9.17, 15) is 4.79 Å². The third-order valence-corrected chi connectivity index (χ3v) is 3.11. The van der Waals surface area contributed by atoms with Gasteiger partial charge in [-0.1, -0.05) is 26.2 Å². The number of hydrogen-bond acceptors (Lipinski definition) is 3. The number of aromatic nitrogens is 1. The number of pyridine rings is 1. The zero-order valence-electron chi connectivity index (χ0n) is 12.3. The second-order valence-electron chi connectivity index (χ2n) is 4.70. The van der Waals surface area contributed by atoms with E-state index >= 15 is 0 Å². The first-order chi connectivity index (χ1) is 9.19. The lowest BCUT2D eigenvalue weighted by Crippen LogP contribution is -2.25. The van der Waals surface area contributed by atoms with E-state index in [4.69, 9.17) is 0 Å². The molecule has 0 saturated heterocycles. The van der Waals surface area contributed by atoms with E-state index in [1.54, 1.807) is 11.1 Å². The molecule has 1 aromatic heterocycles. The minimum atomic E-state index is 0.161. The summed E-state index contributed by atoms with van der Waals surface area (Å²) < 4.78 is 0. The van der Waals surface area contributed by atoms with Crippen molar-refractivity contribution in [3.05, 3.63) is 18.3 Å². The number of nitrogens with zero attached hydrogens (tertiary/aromatic N) is 2. The van der Waals surface area contributed by atoms with E-state index in [-0.39, 0.29) is 5.91 Å². The van der Waals surface area contributed by atoms with Crippen molar-refractivity contribution in [3.63, 3.8) is 0 Å². The molecule has 0 unspecified atom stereocenters. The zero-order valence-corrected chi connectivity index (χ0v) is 12.3. The molecule has 4 nitrogen and oxygen atoms in total. The van der Waals surface area contributed by atoms with Crippen molar-refractivity contribution in [1.29, 1.82) is 0 Å². The smallest absolute Gasteiger partial charge is 0.226 e. The molecule has 106 valence electrons. The van der Waals surface area contributed by atoms with Crippen LogP contribution in [0.15, 0.2) is 18.3 Å². The lowest BCUT2D eigenvalue weighted by Gasteiger charge is -2.17. The SMILES string of the molecule is CCCCCCC(=O)N(C)c1ccc(NCC)nc1. The highest BCUT2D eigenvalue weighted by atomic mass is 16.2. The molecular weight excluding hydrogens is 238 g/mol. The van der Waals surface area contributed by atoms with E-state index in [1.165, 1.54) is 12.8 Å². The molecule has 19 heavy (non-hydrogen) atoms. The number of rotatable bonds is 8.